The zero-order chi connectivity index (χ0) is 12.3. The third-order valence-electron chi connectivity index (χ3n) is 3.70. The minimum atomic E-state index is 0.507. The van der Waals surface area contributed by atoms with Gasteiger partial charge in [0.25, 0.3) is 0 Å². The summed E-state index contributed by atoms with van der Waals surface area (Å²) < 4.78 is 0. The molecule has 1 saturated heterocycles. The van der Waals surface area contributed by atoms with Gasteiger partial charge in [0.2, 0.25) is 0 Å². The van der Waals surface area contributed by atoms with Gasteiger partial charge in [-0.15, -0.1) is 11.6 Å². The molecule has 1 heterocycles. The lowest BCUT2D eigenvalue weighted by Gasteiger charge is -2.36. The highest BCUT2D eigenvalue weighted by Crippen LogP contribution is 2.22. The van der Waals surface area contributed by atoms with Crippen molar-refractivity contribution in [2.75, 3.05) is 33.2 Å². The second-order valence-corrected chi connectivity index (χ2v) is 5.16. The summed E-state index contributed by atoms with van der Waals surface area (Å²) >= 11 is 5.81. The molecule has 0 amide bonds. The van der Waals surface area contributed by atoms with Crippen molar-refractivity contribution in [2.45, 2.75) is 18.8 Å². The molecule has 0 spiro atoms. The van der Waals surface area contributed by atoms with Crippen LogP contribution in [0.25, 0.3) is 0 Å². The highest BCUT2D eigenvalue weighted by molar-refractivity contribution is 6.17. The van der Waals surface area contributed by atoms with Crippen molar-refractivity contribution in [2.24, 2.45) is 0 Å². The lowest BCUT2D eigenvalue weighted by Crippen LogP contribution is -2.45. The number of hydrogen-bond acceptors (Lipinski definition) is 2. The Morgan fingerprint density at radius 2 is 1.71 bits per heavy atom. The predicted octanol–water partition coefficient (Wildman–Crippen LogP) is 2.73. The highest BCUT2D eigenvalue weighted by Gasteiger charge is 2.19. The molecule has 1 aromatic rings. The SMILES string of the molecule is C[C@H](c1ccc(CCl)cc1)N1CCN(C)CC1. The first kappa shape index (κ1) is 12.9. The Labute approximate surface area is 109 Å². The van der Waals surface area contributed by atoms with Crippen LogP contribution in [0.2, 0.25) is 0 Å². The van der Waals surface area contributed by atoms with Crippen LogP contribution in [0.3, 0.4) is 0 Å². The third kappa shape index (κ3) is 3.21. The zero-order valence-corrected chi connectivity index (χ0v) is 11.5. The zero-order valence-electron chi connectivity index (χ0n) is 10.7. The second-order valence-electron chi connectivity index (χ2n) is 4.89. The number of likely N-dealkylation sites (N-methyl/N-ethyl adjacent to an activating group) is 1. The van der Waals surface area contributed by atoms with Gasteiger partial charge in [-0.3, -0.25) is 4.90 Å². The first-order valence-electron chi connectivity index (χ1n) is 6.28. The molecule has 0 saturated carbocycles. The van der Waals surface area contributed by atoms with Gasteiger partial charge >= 0.3 is 0 Å². The first-order chi connectivity index (χ1) is 8.20. The average Bonchev–Trinajstić information content (AvgIpc) is 2.39. The van der Waals surface area contributed by atoms with Gasteiger partial charge in [0.05, 0.1) is 0 Å². The Morgan fingerprint density at radius 3 is 2.24 bits per heavy atom. The summed E-state index contributed by atoms with van der Waals surface area (Å²) in [4.78, 5) is 4.94. The van der Waals surface area contributed by atoms with Gasteiger partial charge in [-0.05, 0) is 25.1 Å². The molecule has 3 heteroatoms. The van der Waals surface area contributed by atoms with Crippen LogP contribution in [0.4, 0.5) is 0 Å². The summed E-state index contributed by atoms with van der Waals surface area (Å²) in [6.07, 6.45) is 0. The largest absolute Gasteiger partial charge is 0.304 e. The normalized spacial score (nSPS) is 20.4. The fourth-order valence-corrected chi connectivity index (χ4v) is 2.48. The van der Waals surface area contributed by atoms with Crippen LogP contribution >= 0.6 is 11.6 Å². The first-order valence-corrected chi connectivity index (χ1v) is 6.81. The summed E-state index contributed by atoms with van der Waals surface area (Å²) in [6.45, 7) is 6.96. The number of rotatable bonds is 3. The number of hydrogen-bond donors (Lipinski definition) is 0. The van der Waals surface area contributed by atoms with Crippen molar-refractivity contribution in [3.05, 3.63) is 35.4 Å². The lowest BCUT2D eigenvalue weighted by molar-refractivity contribution is 0.119. The van der Waals surface area contributed by atoms with Crippen LogP contribution in [0.15, 0.2) is 24.3 Å². The monoisotopic (exact) mass is 252 g/mol. The molecule has 0 aromatic heterocycles. The van der Waals surface area contributed by atoms with Crippen molar-refractivity contribution in [3.63, 3.8) is 0 Å². The molecule has 0 unspecified atom stereocenters. The van der Waals surface area contributed by atoms with E-state index in [-0.39, 0.29) is 0 Å². The van der Waals surface area contributed by atoms with E-state index in [1.54, 1.807) is 0 Å². The van der Waals surface area contributed by atoms with Crippen molar-refractivity contribution >= 4 is 11.6 Å². The minimum Gasteiger partial charge on any atom is -0.304 e. The molecule has 1 aliphatic heterocycles. The van der Waals surface area contributed by atoms with E-state index >= 15 is 0 Å². The van der Waals surface area contributed by atoms with Gasteiger partial charge in [-0.2, -0.15) is 0 Å². The molecule has 94 valence electrons. The highest BCUT2D eigenvalue weighted by atomic mass is 35.5. The lowest BCUT2D eigenvalue weighted by atomic mass is 10.0. The fraction of sp³-hybridized carbons (Fsp3) is 0.571. The molecule has 1 atom stereocenters. The molecule has 1 fully saturated rings. The predicted molar refractivity (Wildman–Crippen MR) is 73.5 cm³/mol. The van der Waals surface area contributed by atoms with Crippen LogP contribution < -0.4 is 0 Å². The summed E-state index contributed by atoms with van der Waals surface area (Å²) in [7, 11) is 2.19. The quantitative estimate of drug-likeness (QED) is 0.764. The van der Waals surface area contributed by atoms with Crippen molar-refractivity contribution in [1.29, 1.82) is 0 Å². The number of alkyl halides is 1. The molecular weight excluding hydrogens is 232 g/mol. The summed E-state index contributed by atoms with van der Waals surface area (Å²) in [5, 5.41) is 0. The third-order valence-corrected chi connectivity index (χ3v) is 4.01. The van der Waals surface area contributed by atoms with Gasteiger partial charge < -0.3 is 4.90 Å². The van der Waals surface area contributed by atoms with Crippen molar-refractivity contribution < 1.29 is 0 Å². The fourth-order valence-electron chi connectivity index (χ4n) is 2.31. The maximum Gasteiger partial charge on any atom is 0.0474 e. The van der Waals surface area contributed by atoms with E-state index in [1.165, 1.54) is 24.2 Å². The number of nitrogens with zero attached hydrogens (tertiary/aromatic N) is 2. The number of benzene rings is 1. The van der Waals surface area contributed by atoms with Gasteiger partial charge in [0.1, 0.15) is 0 Å². The van der Waals surface area contributed by atoms with Crippen LogP contribution in [0, 0.1) is 0 Å². The summed E-state index contributed by atoms with van der Waals surface area (Å²) in [6, 6.07) is 9.19. The number of halogens is 1. The maximum absolute atomic E-state index is 5.81. The minimum absolute atomic E-state index is 0.507. The molecule has 2 rings (SSSR count). The van der Waals surface area contributed by atoms with E-state index in [0.29, 0.717) is 11.9 Å². The molecule has 0 radical (unpaired) electrons. The van der Waals surface area contributed by atoms with Gasteiger partial charge in [-0.1, -0.05) is 24.3 Å². The molecule has 1 aromatic carbocycles. The van der Waals surface area contributed by atoms with Crippen LogP contribution in [0.5, 0.6) is 0 Å². The molecule has 2 nitrogen and oxygen atoms in total. The van der Waals surface area contributed by atoms with Crippen molar-refractivity contribution in [1.82, 2.24) is 9.80 Å². The summed E-state index contributed by atoms with van der Waals surface area (Å²) in [5.41, 5.74) is 2.59. The van der Waals surface area contributed by atoms with E-state index in [9.17, 15) is 0 Å². The smallest absolute Gasteiger partial charge is 0.0474 e. The van der Waals surface area contributed by atoms with E-state index in [1.807, 2.05) is 0 Å². The molecule has 0 aliphatic carbocycles. The standard InChI is InChI=1S/C14H21ClN2/c1-12(17-9-7-16(2)8-10-17)14-5-3-13(11-15)4-6-14/h3-6,12H,7-11H2,1-2H3/t12-/m1/s1. The average molecular weight is 253 g/mol. The number of piperazine rings is 1. The molecular formula is C14H21ClN2. The van der Waals surface area contributed by atoms with E-state index in [4.69, 9.17) is 11.6 Å². The molecule has 0 N–H and O–H groups in total. The summed E-state index contributed by atoms with van der Waals surface area (Å²) in [5.74, 6) is 0.600. The van der Waals surface area contributed by atoms with Crippen LogP contribution in [-0.4, -0.2) is 43.0 Å². The second kappa shape index (κ2) is 5.85. The Kier molecular flexibility index (Phi) is 4.43. The maximum atomic E-state index is 5.81. The van der Waals surface area contributed by atoms with E-state index < -0.39 is 0 Å². The van der Waals surface area contributed by atoms with E-state index in [2.05, 4.69) is 48.0 Å². The van der Waals surface area contributed by atoms with Gasteiger partial charge in [-0.25, -0.2) is 0 Å². The van der Waals surface area contributed by atoms with Gasteiger partial charge in [0.15, 0.2) is 0 Å². The van der Waals surface area contributed by atoms with Gasteiger partial charge in [0, 0.05) is 38.1 Å². The Balaban J connectivity index is 2.00. The Hall–Kier alpha value is -0.570. The van der Waals surface area contributed by atoms with Crippen LogP contribution in [-0.2, 0) is 5.88 Å². The Bertz CT molecular complexity index is 342. The molecule has 17 heavy (non-hydrogen) atoms. The Morgan fingerprint density at radius 1 is 1.12 bits per heavy atom. The van der Waals surface area contributed by atoms with E-state index in [0.717, 1.165) is 13.1 Å². The topological polar surface area (TPSA) is 6.48 Å². The van der Waals surface area contributed by atoms with Crippen LogP contribution in [0.1, 0.15) is 24.1 Å². The van der Waals surface area contributed by atoms with Crippen molar-refractivity contribution in [3.8, 4) is 0 Å². The molecule has 0 bridgehead atoms. The molecule has 1 aliphatic rings.